The number of hydrogen-bond acceptors (Lipinski definition) is 13. The molecule has 0 unspecified atom stereocenters. The monoisotopic (exact) mass is 674 g/mol. The molecule has 274 valence electrons. The second-order valence-corrected chi connectivity index (χ2v) is 14.9. The van der Waals surface area contributed by atoms with E-state index in [2.05, 4.69) is 0 Å². The standard InChI is InChI=1S/C34H62N2O11/c1-13-24-34(9,43)28(40)22(6)36(12)18-19(3)16-33(8,42)29(47-30-26(38)23(35(10)11)15-20(4)45-30)21(5)27(39)32(7,31(41)46-24)17-25(37)44-14-2/h19-24,26,28-30,38,40,42-43H,13-18H2,1-12H3/t19-,20-,21+,22-,23+,24-,26-,28-,29-,30+,32+,33-,34-/m1/s1. The molecular weight excluding hydrogens is 612 g/mol. The molecule has 0 radical (unpaired) electrons. The molecule has 0 aromatic carbocycles. The normalized spacial score (nSPS) is 43.6. The maximum absolute atomic E-state index is 14.6. The van der Waals surface area contributed by atoms with E-state index in [1.807, 2.05) is 37.7 Å². The Balaban J connectivity index is 2.75. The van der Waals surface area contributed by atoms with E-state index in [4.69, 9.17) is 18.9 Å². The van der Waals surface area contributed by atoms with Gasteiger partial charge in [-0.1, -0.05) is 20.8 Å². The van der Waals surface area contributed by atoms with Crippen molar-refractivity contribution in [3.05, 3.63) is 0 Å². The fourth-order valence-corrected chi connectivity index (χ4v) is 7.34. The summed E-state index contributed by atoms with van der Waals surface area (Å²) in [6.07, 6.45) is -6.48. The van der Waals surface area contributed by atoms with Gasteiger partial charge in [0.15, 0.2) is 12.1 Å². The van der Waals surface area contributed by atoms with Crippen molar-refractivity contribution < 1.29 is 53.8 Å². The molecule has 47 heavy (non-hydrogen) atoms. The van der Waals surface area contributed by atoms with Gasteiger partial charge in [0, 0.05) is 24.5 Å². The van der Waals surface area contributed by atoms with Gasteiger partial charge in [-0.05, 0) is 87.9 Å². The van der Waals surface area contributed by atoms with E-state index >= 15 is 0 Å². The number of rotatable bonds is 7. The van der Waals surface area contributed by atoms with Gasteiger partial charge in [-0.2, -0.15) is 0 Å². The van der Waals surface area contributed by atoms with Gasteiger partial charge in [0.05, 0.1) is 30.8 Å². The molecule has 2 aliphatic rings. The Bertz CT molecular complexity index is 1070. The Morgan fingerprint density at radius 1 is 1.06 bits per heavy atom. The molecule has 13 heteroatoms. The van der Waals surface area contributed by atoms with Crippen molar-refractivity contribution in [3.8, 4) is 0 Å². The average Bonchev–Trinajstić information content (AvgIpc) is 2.96. The largest absolute Gasteiger partial charge is 0.466 e. The van der Waals surface area contributed by atoms with Crippen LogP contribution in [-0.2, 0) is 33.3 Å². The summed E-state index contributed by atoms with van der Waals surface area (Å²) in [5.74, 6) is -4.09. The van der Waals surface area contributed by atoms with Gasteiger partial charge in [0.2, 0.25) is 0 Å². The van der Waals surface area contributed by atoms with Crippen molar-refractivity contribution in [1.82, 2.24) is 9.80 Å². The van der Waals surface area contributed by atoms with Gasteiger partial charge in [-0.3, -0.25) is 14.4 Å². The lowest BCUT2D eigenvalue weighted by atomic mass is 9.72. The minimum atomic E-state index is -2.13. The maximum Gasteiger partial charge on any atom is 0.320 e. The number of esters is 2. The molecule has 0 spiro atoms. The molecule has 0 saturated carbocycles. The molecule has 0 amide bonds. The van der Waals surface area contributed by atoms with Gasteiger partial charge in [0.25, 0.3) is 0 Å². The Kier molecular flexibility index (Phi) is 14.4. The molecule has 0 aromatic rings. The number of likely N-dealkylation sites (N-methyl/N-ethyl adjacent to an activating group) is 2. The molecule has 2 rings (SSSR count). The van der Waals surface area contributed by atoms with Crippen molar-refractivity contribution in [2.75, 3.05) is 34.3 Å². The number of aliphatic hydroxyl groups is 4. The summed E-state index contributed by atoms with van der Waals surface area (Å²) in [7, 11) is 5.45. The molecule has 2 fully saturated rings. The van der Waals surface area contributed by atoms with Crippen LogP contribution in [0.3, 0.4) is 0 Å². The molecule has 0 aliphatic carbocycles. The summed E-state index contributed by atoms with van der Waals surface area (Å²) in [4.78, 5) is 45.3. The number of cyclic esters (lactones) is 1. The summed E-state index contributed by atoms with van der Waals surface area (Å²) in [6, 6.07) is -0.936. The number of ketones is 1. The average molecular weight is 675 g/mol. The minimum absolute atomic E-state index is 0.0120. The molecule has 2 saturated heterocycles. The zero-order valence-corrected chi connectivity index (χ0v) is 30.6. The third-order valence-electron chi connectivity index (χ3n) is 10.2. The fraction of sp³-hybridized carbons (Fsp3) is 0.912. The number of ether oxygens (including phenoxy) is 4. The molecule has 0 bridgehead atoms. The van der Waals surface area contributed by atoms with E-state index < -0.39 is 83.4 Å². The van der Waals surface area contributed by atoms with Crippen LogP contribution in [-0.4, -0.2) is 142 Å². The van der Waals surface area contributed by atoms with Crippen LogP contribution in [0.2, 0.25) is 0 Å². The third-order valence-corrected chi connectivity index (χ3v) is 10.2. The predicted octanol–water partition coefficient (Wildman–Crippen LogP) is 1.51. The lowest BCUT2D eigenvalue weighted by Crippen LogP contribution is -2.60. The quantitative estimate of drug-likeness (QED) is 0.226. The van der Waals surface area contributed by atoms with E-state index in [1.54, 1.807) is 27.8 Å². The van der Waals surface area contributed by atoms with Crippen LogP contribution in [0.4, 0.5) is 0 Å². The highest BCUT2D eigenvalue weighted by Gasteiger charge is 2.55. The Labute approximate surface area is 280 Å². The second-order valence-electron chi connectivity index (χ2n) is 14.9. The summed E-state index contributed by atoms with van der Waals surface area (Å²) in [6.45, 7) is 14.9. The van der Waals surface area contributed by atoms with Crippen LogP contribution in [0.1, 0.15) is 88.0 Å². The van der Waals surface area contributed by atoms with Crippen LogP contribution < -0.4 is 0 Å². The van der Waals surface area contributed by atoms with Crippen molar-refractivity contribution >= 4 is 17.7 Å². The van der Waals surface area contributed by atoms with E-state index in [0.717, 1.165) is 0 Å². The Morgan fingerprint density at radius 3 is 2.19 bits per heavy atom. The van der Waals surface area contributed by atoms with Crippen molar-refractivity contribution in [2.45, 2.75) is 148 Å². The molecular formula is C34H62N2O11. The number of Topliss-reactive ketones (excluding diaryl/α,β-unsaturated/α-hetero) is 1. The topological polar surface area (TPSA) is 176 Å². The van der Waals surface area contributed by atoms with Crippen LogP contribution in [0.5, 0.6) is 0 Å². The van der Waals surface area contributed by atoms with Crippen LogP contribution >= 0.6 is 0 Å². The van der Waals surface area contributed by atoms with Gasteiger partial charge in [-0.25, -0.2) is 0 Å². The molecule has 13 nitrogen and oxygen atoms in total. The van der Waals surface area contributed by atoms with Crippen molar-refractivity contribution in [3.63, 3.8) is 0 Å². The summed E-state index contributed by atoms with van der Waals surface area (Å²) < 4.78 is 23.4. The molecule has 2 aliphatic heterocycles. The SMILES string of the molecule is CCOC(=O)C[C@]1(C)C(=O)O[C@H](CC)[C@@](C)(O)[C@H](O)[C@@H](C)N(C)C[C@H](C)C[C@@](C)(O)[C@H](O[C@@H]2O[C@H](C)C[C@H](N(C)C)[C@H]2O)[C@@H](C)C1=O. The lowest BCUT2D eigenvalue weighted by molar-refractivity contribution is -0.293. The van der Waals surface area contributed by atoms with Gasteiger partial charge >= 0.3 is 11.9 Å². The van der Waals surface area contributed by atoms with E-state index in [-0.39, 0.29) is 37.5 Å². The fourth-order valence-electron chi connectivity index (χ4n) is 7.34. The Morgan fingerprint density at radius 2 is 1.66 bits per heavy atom. The van der Waals surface area contributed by atoms with E-state index in [9.17, 15) is 34.8 Å². The highest BCUT2D eigenvalue weighted by molar-refractivity contribution is 6.07. The first-order valence-corrected chi connectivity index (χ1v) is 16.9. The van der Waals surface area contributed by atoms with E-state index in [0.29, 0.717) is 13.0 Å². The number of carbonyl (C=O) groups is 3. The van der Waals surface area contributed by atoms with Gasteiger partial charge in [-0.15, -0.1) is 0 Å². The zero-order valence-electron chi connectivity index (χ0n) is 30.6. The first-order chi connectivity index (χ1) is 21.5. The first-order valence-electron chi connectivity index (χ1n) is 16.9. The highest BCUT2D eigenvalue weighted by atomic mass is 16.7. The Hall–Kier alpha value is -1.71. The second kappa shape index (κ2) is 16.3. The summed E-state index contributed by atoms with van der Waals surface area (Å²) in [5.41, 5.74) is -5.76. The molecule has 2 heterocycles. The number of aliphatic hydroxyl groups excluding tert-OH is 2. The zero-order chi connectivity index (χ0) is 36.2. The maximum atomic E-state index is 14.6. The van der Waals surface area contributed by atoms with E-state index in [1.165, 1.54) is 27.7 Å². The lowest BCUT2D eigenvalue weighted by Gasteiger charge is -2.46. The third kappa shape index (κ3) is 9.50. The number of nitrogens with zero attached hydrogens (tertiary/aromatic N) is 2. The van der Waals surface area contributed by atoms with Gasteiger partial charge < -0.3 is 49.2 Å². The molecule has 0 aromatic heterocycles. The van der Waals surface area contributed by atoms with Crippen molar-refractivity contribution in [2.24, 2.45) is 17.3 Å². The molecule has 13 atom stereocenters. The summed E-state index contributed by atoms with van der Waals surface area (Å²) >= 11 is 0. The van der Waals surface area contributed by atoms with Gasteiger partial charge in [0.1, 0.15) is 29.3 Å². The smallest absolute Gasteiger partial charge is 0.320 e. The van der Waals surface area contributed by atoms with Crippen LogP contribution in [0.15, 0.2) is 0 Å². The van der Waals surface area contributed by atoms with Crippen molar-refractivity contribution in [1.29, 1.82) is 0 Å². The first kappa shape index (κ1) is 41.5. The number of carbonyl (C=O) groups excluding carboxylic acids is 3. The van der Waals surface area contributed by atoms with Crippen LogP contribution in [0.25, 0.3) is 0 Å². The number of hydrogen-bond donors (Lipinski definition) is 4. The minimum Gasteiger partial charge on any atom is -0.466 e. The highest BCUT2D eigenvalue weighted by Crippen LogP contribution is 2.39. The summed E-state index contributed by atoms with van der Waals surface area (Å²) in [5, 5.41) is 46.4. The molecule has 4 N–H and O–H groups in total. The van der Waals surface area contributed by atoms with Crippen LogP contribution in [0, 0.1) is 17.3 Å². The predicted molar refractivity (Wildman–Crippen MR) is 174 cm³/mol.